The number of nitrogens with one attached hydrogen (secondary N) is 2. The zero-order valence-corrected chi connectivity index (χ0v) is 17.1. The molecule has 1 aliphatic rings. The molecule has 2 amide bonds. The van der Waals surface area contributed by atoms with Crippen LogP contribution in [0.3, 0.4) is 0 Å². The van der Waals surface area contributed by atoms with Gasteiger partial charge in [0.2, 0.25) is 5.91 Å². The van der Waals surface area contributed by atoms with Gasteiger partial charge in [-0.1, -0.05) is 18.2 Å². The summed E-state index contributed by atoms with van der Waals surface area (Å²) < 4.78 is 50.4. The monoisotopic (exact) mass is 436 g/mol. The van der Waals surface area contributed by atoms with Gasteiger partial charge in [-0.05, 0) is 54.7 Å². The molecule has 0 aromatic heterocycles. The van der Waals surface area contributed by atoms with Gasteiger partial charge in [0.15, 0.2) is 9.84 Å². The molecule has 0 aliphatic carbocycles. The van der Waals surface area contributed by atoms with Crippen LogP contribution in [0, 0.1) is 17.6 Å². The standard InChI is InChI=1S/C21H22F2N2O4S/c1-13(20(26)24-11-14-8-9-30(28,29)12-14)25-21(27)18-7-4-16(10-19(18)23)15-2-5-17(22)6-3-15/h2-7,10,13-14H,8-9,11-12H2,1H3,(H,24,26)(H,25,27). The number of rotatable bonds is 6. The first-order valence-corrected chi connectivity index (χ1v) is 11.3. The second kappa shape index (κ2) is 8.91. The number of carbonyl (C=O) groups is 2. The van der Waals surface area contributed by atoms with E-state index in [9.17, 15) is 26.8 Å². The smallest absolute Gasteiger partial charge is 0.254 e. The van der Waals surface area contributed by atoms with Crippen molar-refractivity contribution in [3.63, 3.8) is 0 Å². The molecule has 1 saturated heterocycles. The molecule has 0 saturated carbocycles. The summed E-state index contributed by atoms with van der Waals surface area (Å²) in [6.07, 6.45) is 0.495. The molecule has 6 nitrogen and oxygen atoms in total. The summed E-state index contributed by atoms with van der Waals surface area (Å²) in [5, 5.41) is 5.06. The van der Waals surface area contributed by atoms with Gasteiger partial charge in [-0.25, -0.2) is 17.2 Å². The molecule has 1 fully saturated rings. The minimum atomic E-state index is -3.03. The SMILES string of the molecule is CC(NC(=O)c1ccc(-c2ccc(F)cc2)cc1F)C(=O)NCC1CCS(=O)(=O)C1. The summed E-state index contributed by atoms with van der Waals surface area (Å²) >= 11 is 0. The van der Waals surface area contributed by atoms with Crippen molar-refractivity contribution in [2.24, 2.45) is 5.92 Å². The van der Waals surface area contributed by atoms with Crippen LogP contribution in [0.2, 0.25) is 0 Å². The van der Waals surface area contributed by atoms with E-state index in [2.05, 4.69) is 10.6 Å². The third-order valence-electron chi connectivity index (χ3n) is 5.02. The van der Waals surface area contributed by atoms with E-state index < -0.39 is 39.3 Å². The van der Waals surface area contributed by atoms with Gasteiger partial charge in [-0.2, -0.15) is 0 Å². The Balaban J connectivity index is 1.58. The van der Waals surface area contributed by atoms with Gasteiger partial charge in [0.05, 0.1) is 17.1 Å². The summed E-state index contributed by atoms with van der Waals surface area (Å²) in [5.74, 6) is -2.37. The molecular formula is C21H22F2N2O4S. The van der Waals surface area contributed by atoms with Gasteiger partial charge in [0.1, 0.15) is 17.7 Å². The second-order valence-corrected chi connectivity index (χ2v) is 9.64. The largest absolute Gasteiger partial charge is 0.354 e. The highest BCUT2D eigenvalue weighted by Gasteiger charge is 2.28. The van der Waals surface area contributed by atoms with Gasteiger partial charge in [-0.15, -0.1) is 0 Å². The minimum Gasteiger partial charge on any atom is -0.354 e. The van der Waals surface area contributed by atoms with Crippen LogP contribution in [0.4, 0.5) is 8.78 Å². The van der Waals surface area contributed by atoms with E-state index in [0.29, 0.717) is 17.5 Å². The average molecular weight is 436 g/mol. The highest BCUT2D eigenvalue weighted by Crippen LogP contribution is 2.22. The fraction of sp³-hybridized carbons (Fsp3) is 0.333. The predicted molar refractivity (Wildman–Crippen MR) is 108 cm³/mol. The van der Waals surface area contributed by atoms with E-state index in [1.165, 1.54) is 49.4 Å². The van der Waals surface area contributed by atoms with Gasteiger partial charge in [0.25, 0.3) is 5.91 Å². The van der Waals surface area contributed by atoms with E-state index >= 15 is 0 Å². The zero-order valence-electron chi connectivity index (χ0n) is 16.3. The fourth-order valence-electron chi connectivity index (χ4n) is 3.29. The Kier molecular flexibility index (Phi) is 6.50. The van der Waals surface area contributed by atoms with Gasteiger partial charge >= 0.3 is 0 Å². The van der Waals surface area contributed by atoms with Crippen molar-refractivity contribution in [3.05, 3.63) is 59.7 Å². The minimum absolute atomic E-state index is 0.0413. The number of halogens is 2. The molecule has 30 heavy (non-hydrogen) atoms. The molecule has 0 radical (unpaired) electrons. The van der Waals surface area contributed by atoms with Crippen molar-refractivity contribution < 1.29 is 26.8 Å². The molecule has 2 N–H and O–H groups in total. The lowest BCUT2D eigenvalue weighted by molar-refractivity contribution is -0.122. The average Bonchev–Trinajstić information content (AvgIpc) is 3.05. The first-order chi connectivity index (χ1) is 14.1. The third kappa shape index (κ3) is 5.41. The topological polar surface area (TPSA) is 92.3 Å². The third-order valence-corrected chi connectivity index (χ3v) is 6.86. The molecule has 2 atom stereocenters. The number of sulfone groups is 1. The van der Waals surface area contributed by atoms with Crippen molar-refractivity contribution in [1.29, 1.82) is 0 Å². The maximum atomic E-state index is 14.4. The maximum absolute atomic E-state index is 14.4. The number of amides is 2. The molecule has 160 valence electrons. The molecule has 3 rings (SSSR count). The number of hydrogen-bond donors (Lipinski definition) is 2. The van der Waals surface area contributed by atoms with Gasteiger partial charge in [-0.3, -0.25) is 9.59 Å². The molecule has 9 heteroatoms. The van der Waals surface area contributed by atoms with Crippen LogP contribution < -0.4 is 10.6 Å². The summed E-state index contributed by atoms with van der Waals surface area (Å²) in [7, 11) is -3.03. The molecule has 1 heterocycles. The summed E-state index contributed by atoms with van der Waals surface area (Å²) in [5.41, 5.74) is 0.868. The Labute approximate surface area is 173 Å². The Bertz CT molecular complexity index is 1060. The fourth-order valence-corrected chi connectivity index (χ4v) is 5.15. The number of benzene rings is 2. The summed E-state index contributed by atoms with van der Waals surface area (Å²) in [6.45, 7) is 1.67. The van der Waals surface area contributed by atoms with Crippen molar-refractivity contribution in [3.8, 4) is 11.1 Å². The van der Waals surface area contributed by atoms with Crippen molar-refractivity contribution in [2.75, 3.05) is 18.1 Å². The first-order valence-electron chi connectivity index (χ1n) is 9.49. The van der Waals surface area contributed by atoms with Crippen LogP contribution in [-0.2, 0) is 14.6 Å². The van der Waals surface area contributed by atoms with Crippen LogP contribution in [-0.4, -0.2) is 44.3 Å². The van der Waals surface area contributed by atoms with Crippen LogP contribution in [0.1, 0.15) is 23.7 Å². The molecule has 0 bridgehead atoms. The Hall–Kier alpha value is -2.81. The van der Waals surface area contributed by atoms with E-state index in [1.54, 1.807) is 0 Å². The highest BCUT2D eigenvalue weighted by molar-refractivity contribution is 7.91. The molecular weight excluding hydrogens is 414 g/mol. The first kappa shape index (κ1) is 21.9. The van der Waals surface area contributed by atoms with Crippen molar-refractivity contribution in [2.45, 2.75) is 19.4 Å². The van der Waals surface area contributed by atoms with Crippen LogP contribution >= 0.6 is 0 Å². The zero-order chi connectivity index (χ0) is 21.9. The van der Waals surface area contributed by atoms with Crippen LogP contribution in [0.15, 0.2) is 42.5 Å². The maximum Gasteiger partial charge on any atom is 0.254 e. The summed E-state index contributed by atoms with van der Waals surface area (Å²) in [4.78, 5) is 24.5. The van der Waals surface area contributed by atoms with E-state index in [4.69, 9.17) is 0 Å². The molecule has 2 aromatic carbocycles. The Morgan fingerprint density at radius 3 is 2.37 bits per heavy atom. The Morgan fingerprint density at radius 1 is 1.10 bits per heavy atom. The second-order valence-electron chi connectivity index (χ2n) is 7.41. The van der Waals surface area contributed by atoms with Crippen LogP contribution in [0.5, 0.6) is 0 Å². The van der Waals surface area contributed by atoms with Crippen molar-refractivity contribution in [1.82, 2.24) is 10.6 Å². The molecule has 1 aliphatic heterocycles. The quantitative estimate of drug-likeness (QED) is 0.727. The lowest BCUT2D eigenvalue weighted by Gasteiger charge is -2.16. The van der Waals surface area contributed by atoms with E-state index in [0.717, 1.165) is 0 Å². The van der Waals surface area contributed by atoms with Gasteiger partial charge in [0, 0.05) is 6.54 Å². The van der Waals surface area contributed by atoms with Gasteiger partial charge < -0.3 is 10.6 Å². The number of carbonyl (C=O) groups excluding carboxylic acids is 2. The highest BCUT2D eigenvalue weighted by atomic mass is 32.2. The van der Waals surface area contributed by atoms with Crippen LogP contribution in [0.25, 0.3) is 11.1 Å². The summed E-state index contributed by atoms with van der Waals surface area (Å²) in [6, 6.07) is 8.62. The molecule has 2 unspecified atom stereocenters. The molecule has 0 spiro atoms. The lowest BCUT2D eigenvalue weighted by atomic mass is 10.0. The molecule has 2 aromatic rings. The Morgan fingerprint density at radius 2 is 1.77 bits per heavy atom. The predicted octanol–water partition coefficient (Wildman–Crippen LogP) is 2.30. The normalized spacial score (nSPS) is 18.6. The lowest BCUT2D eigenvalue weighted by Crippen LogP contribution is -2.46. The van der Waals surface area contributed by atoms with E-state index in [-0.39, 0.29) is 29.5 Å². The van der Waals surface area contributed by atoms with E-state index in [1.807, 2.05) is 0 Å². The van der Waals surface area contributed by atoms with Crippen molar-refractivity contribution >= 4 is 21.7 Å². The number of hydrogen-bond acceptors (Lipinski definition) is 4.